The van der Waals surface area contributed by atoms with Crippen LogP contribution in [0.2, 0.25) is 5.28 Å². The molecule has 0 fully saturated rings. The first-order chi connectivity index (χ1) is 7.31. The maximum Gasteiger partial charge on any atom is 0.226 e. The van der Waals surface area contributed by atoms with Gasteiger partial charge in [0.25, 0.3) is 0 Å². The quantitative estimate of drug-likeness (QED) is 0.589. The first kappa shape index (κ1) is 9.93. The van der Waals surface area contributed by atoms with Gasteiger partial charge in [-0.1, -0.05) is 24.8 Å². The van der Waals surface area contributed by atoms with Crippen LogP contribution in [0.4, 0.5) is 0 Å². The van der Waals surface area contributed by atoms with Crippen LogP contribution in [0.25, 0.3) is 10.9 Å². The molecule has 0 saturated heterocycles. The van der Waals surface area contributed by atoms with Crippen LogP contribution in [0.3, 0.4) is 0 Å². The number of ether oxygens (including phenoxy) is 1. The molecule has 0 radical (unpaired) electrons. The van der Waals surface area contributed by atoms with Crippen molar-refractivity contribution in [2.45, 2.75) is 0 Å². The van der Waals surface area contributed by atoms with Crippen molar-refractivity contribution in [2.24, 2.45) is 0 Å². The number of fused-ring (bicyclic) bond motifs is 1. The standard InChI is InChI=1S/C11H9ClN2O/c1-2-7-15-10-8-5-3-4-6-9(8)13-11(12)14-10/h2-6H,1,7H2. The minimum atomic E-state index is 0.188. The van der Waals surface area contributed by atoms with Crippen LogP contribution in [0.15, 0.2) is 36.9 Å². The summed E-state index contributed by atoms with van der Waals surface area (Å²) >= 11 is 5.77. The third-order valence-electron chi connectivity index (χ3n) is 1.88. The minimum Gasteiger partial charge on any atom is -0.473 e. The Kier molecular flexibility index (Phi) is 2.83. The van der Waals surface area contributed by atoms with Gasteiger partial charge in [-0.2, -0.15) is 4.98 Å². The summed E-state index contributed by atoms with van der Waals surface area (Å²) in [4.78, 5) is 8.12. The SMILES string of the molecule is C=CCOc1nc(Cl)nc2ccccc12. The molecular formula is C11H9ClN2O. The molecule has 2 aromatic rings. The topological polar surface area (TPSA) is 35.0 Å². The molecule has 0 bridgehead atoms. The van der Waals surface area contributed by atoms with Gasteiger partial charge in [-0.15, -0.1) is 0 Å². The number of halogens is 1. The molecule has 0 atom stereocenters. The molecule has 76 valence electrons. The lowest BCUT2D eigenvalue weighted by atomic mass is 10.2. The lowest BCUT2D eigenvalue weighted by Crippen LogP contribution is -1.98. The largest absolute Gasteiger partial charge is 0.473 e. The van der Waals surface area contributed by atoms with Crippen molar-refractivity contribution in [3.8, 4) is 5.88 Å². The normalized spacial score (nSPS) is 10.2. The van der Waals surface area contributed by atoms with Crippen LogP contribution in [0.1, 0.15) is 0 Å². The van der Waals surface area contributed by atoms with E-state index in [2.05, 4.69) is 16.5 Å². The lowest BCUT2D eigenvalue weighted by Gasteiger charge is -2.05. The highest BCUT2D eigenvalue weighted by Crippen LogP contribution is 2.23. The summed E-state index contributed by atoms with van der Waals surface area (Å²) in [6.45, 7) is 3.98. The highest BCUT2D eigenvalue weighted by Gasteiger charge is 2.05. The number of para-hydroxylation sites is 1. The smallest absolute Gasteiger partial charge is 0.226 e. The van der Waals surface area contributed by atoms with E-state index in [0.717, 1.165) is 10.9 Å². The Balaban J connectivity index is 2.55. The number of hydrogen-bond acceptors (Lipinski definition) is 3. The Bertz CT molecular complexity index is 499. The van der Waals surface area contributed by atoms with Gasteiger partial charge < -0.3 is 4.74 Å². The predicted octanol–water partition coefficient (Wildman–Crippen LogP) is 2.85. The van der Waals surface area contributed by atoms with E-state index in [1.54, 1.807) is 6.08 Å². The Labute approximate surface area is 92.4 Å². The molecule has 0 N–H and O–H groups in total. The highest BCUT2D eigenvalue weighted by molar-refractivity contribution is 6.28. The number of rotatable bonds is 3. The van der Waals surface area contributed by atoms with Gasteiger partial charge in [0.05, 0.1) is 10.9 Å². The molecule has 0 amide bonds. The van der Waals surface area contributed by atoms with Gasteiger partial charge in [0.15, 0.2) is 0 Å². The molecule has 0 unspecified atom stereocenters. The average Bonchev–Trinajstić information content (AvgIpc) is 2.25. The second-order valence-electron chi connectivity index (χ2n) is 2.91. The summed E-state index contributed by atoms with van der Waals surface area (Å²) in [5, 5.41) is 1.04. The maximum absolute atomic E-state index is 5.77. The minimum absolute atomic E-state index is 0.188. The summed E-state index contributed by atoms with van der Waals surface area (Å²) in [6, 6.07) is 7.55. The maximum atomic E-state index is 5.77. The van der Waals surface area contributed by atoms with Gasteiger partial charge >= 0.3 is 0 Å². The second-order valence-corrected chi connectivity index (χ2v) is 3.25. The number of benzene rings is 1. The molecule has 4 heteroatoms. The molecule has 3 nitrogen and oxygen atoms in total. The van der Waals surface area contributed by atoms with Crippen LogP contribution in [0.5, 0.6) is 5.88 Å². The summed E-state index contributed by atoms with van der Waals surface area (Å²) in [6.07, 6.45) is 1.66. The lowest BCUT2D eigenvalue weighted by molar-refractivity contribution is 0.353. The Morgan fingerprint density at radius 3 is 2.93 bits per heavy atom. The van der Waals surface area contributed by atoms with Gasteiger partial charge in [0.1, 0.15) is 6.61 Å². The molecular weight excluding hydrogens is 212 g/mol. The fourth-order valence-corrected chi connectivity index (χ4v) is 1.44. The van der Waals surface area contributed by atoms with Crippen LogP contribution < -0.4 is 4.74 Å². The fourth-order valence-electron chi connectivity index (χ4n) is 1.27. The fraction of sp³-hybridized carbons (Fsp3) is 0.0909. The third kappa shape index (κ3) is 2.07. The molecule has 15 heavy (non-hydrogen) atoms. The van der Waals surface area contributed by atoms with Crippen molar-refractivity contribution in [1.29, 1.82) is 0 Å². The van der Waals surface area contributed by atoms with E-state index in [-0.39, 0.29) is 5.28 Å². The average molecular weight is 221 g/mol. The zero-order valence-corrected chi connectivity index (χ0v) is 8.74. The van der Waals surface area contributed by atoms with Crippen LogP contribution in [-0.2, 0) is 0 Å². The van der Waals surface area contributed by atoms with Crippen molar-refractivity contribution >= 4 is 22.5 Å². The van der Waals surface area contributed by atoms with Crippen molar-refractivity contribution in [3.05, 3.63) is 42.2 Å². The molecule has 0 spiro atoms. The van der Waals surface area contributed by atoms with Crippen LogP contribution >= 0.6 is 11.6 Å². The van der Waals surface area contributed by atoms with E-state index in [9.17, 15) is 0 Å². The zero-order chi connectivity index (χ0) is 10.7. The third-order valence-corrected chi connectivity index (χ3v) is 2.05. The van der Waals surface area contributed by atoms with Crippen molar-refractivity contribution < 1.29 is 4.74 Å². The van der Waals surface area contributed by atoms with E-state index in [1.165, 1.54) is 0 Å². The van der Waals surface area contributed by atoms with Gasteiger partial charge in [0, 0.05) is 0 Å². The zero-order valence-electron chi connectivity index (χ0n) is 7.98. The van der Waals surface area contributed by atoms with E-state index < -0.39 is 0 Å². The van der Waals surface area contributed by atoms with E-state index in [0.29, 0.717) is 12.5 Å². The molecule has 2 rings (SSSR count). The van der Waals surface area contributed by atoms with Gasteiger partial charge in [0.2, 0.25) is 11.2 Å². The second kappa shape index (κ2) is 4.28. The summed E-state index contributed by atoms with van der Waals surface area (Å²) in [5.74, 6) is 0.491. The van der Waals surface area contributed by atoms with Crippen LogP contribution in [0, 0.1) is 0 Å². The molecule has 1 heterocycles. The monoisotopic (exact) mass is 220 g/mol. The number of nitrogens with zero attached hydrogens (tertiary/aromatic N) is 2. The Morgan fingerprint density at radius 2 is 2.13 bits per heavy atom. The Morgan fingerprint density at radius 1 is 1.33 bits per heavy atom. The molecule has 0 aliphatic carbocycles. The molecule has 0 aliphatic rings. The van der Waals surface area contributed by atoms with E-state index in [4.69, 9.17) is 16.3 Å². The molecule has 1 aromatic heterocycles. The van der Waals surface area contributed by atoms with E-state index >= 15 is 0 Å². The summed E-state index contributed by atoms with van der Waals surface area (Å²) in [7, 11) is 0. The Hall–Kier alpha value is -1.61. The predicted molar refractivity (Wildman–Crippen MR) is 60.2 cm³/mol. The summed E-state index contributed by atoms with van der Waals surface area (Å²) in [5.41, 5.74) is 0.775. The molecule has 0 saturated carbocycles. The van der Waals surface area contributed by atoms with Crippen molar-refractivity contribution in [2.75, 3.05) is 6.61 Å². The van der Waals surface area contributed by atoms with Gasteiger partial charge in [-0.3, -0.25) is 0 Å². The first-order valence-corrected chi connectivity index (χ1v) is 4.85. The highest BCUT2D eigenvalue weighted by atomic mass is 35.5. The number of aromatic nitrogens is 2. The van der Waals surface area contributed by atoms with E-state index in [1.807, 2.05) is 24.3 Å². The molecule has 1 aromatic carbocycles. The van der Waals surface area contributed by atoms with Gasteiger partial charge in [-0.25, -0.2) is 4.98 Å². The first-order valence-electron chi connectivity index (χ1n) is 4.47. The van der Waals surface area contributed by atoms with Crippen LogP contribution in [-0.4, -0.2) is 16.6 Å². The van der Waals surface area contributed by atoms with Crippen molar-refractivity contribution in [3.63, 3.8) is 0 Å². The number of hydrogen-bond donors (Lipinski definition) is 0. The van der Waals surface area contributed by atoms with Crippen molar-refractivity contribution in [1.82, 2.24) is 9.97 Å². The van der Waals surface area contributed by atoms with Gasteiger partial charge in [-0.05, 0) is 23.7 Å². The summed E-state index contributed by atoms with van der Waals surface area (Å²) < 4.78 is 5.40. The molecule has 0 aliphatic heterocycles.